The number of rotatable bonds is 7. The van der Waals surface area contributed by atoms with Gasteiger partial charge in [-0.25, -0.2) is 4.39 Å². The second-order valence-electron chi connectivity index (χ2n) is 6.13. The normalized spacial score (nSPS) is 11.6. The van der Waals surface area contributed by atoms with Crippen molar-refractivity contribution in [3.8, 4) is 5.75 Å². The van der Waals surface area contributed by atoms with Gasteiger partial charge < -0.3 is 10.1 Å². The Morgan fingerprint density at radius 3 is 2.58 bits per heavy atom. The largest absolute Gasteiger partial charge is 0.493 e. The third-order valence-electron chi connectivity index (χ3n) is 2.81. The van der Waals surface area contributed by atoms with Crippen molar-refractivity contribution in [2.75, 3.05) is 13.2 Å². The molecular weight excluding hydrogens is 241 g/mol. The molecular formula is C16H26FNO. The number of hydrogen-bond acceptors (Lipinski definition) is 2. The van der Waals surface area contributed by atoms with E-state index in [-0.39, 0.29) is 11.2 Å². The Bertz CT molecular complexity index is 385. The molecule has 3 heteroatoms. The molecule has 0 unspecified atom stereocenters. The van der Waals surface area contributed by atoms with Gasteiger partial charge in [0.05, 0.1) is 6.61 Å². The summed E-state index contributed by atoms with van der Waals surface area (Å²) in [6, 6.07) is 4.92. The van der Waals surface area contributed by atoms with E-state index in [9.17, 15) is 4.39 Å². The highest BCUT2D eigenvalue weighted by molar-refractivity contribution is 5.29. The van der Waals surface area contributed by atoms with Crippen LogP contribution in [0.3, 0.4) is 0 Å². The number of halogens is 1. The summed E-state index contributed by atoms with van der Waals surface area (Å²) in [6.07, 6.45) is 2.02. The van der Waals surface area contributed by atoms with Crippen molar-refractivity contribution in [3.63, 3.8) is 0 Å². The van der Waals surface area contributed by atoms with Gasteiger partial charge in [0.25, 0.3) is 0 Å². The SMILES string of the molecule is CCCNCc1cc(F)cc(OCCC(C)(C)C)c1. The first-order valence-corrected chi connectivity index (χ1v) is 7.04. The number of nitrogens with one attached hydrogen (secondary N) is 1. The van der Waals surface area contributed by atoms with Crippen LogP contribution in [0, 0.1) is 11.2 Å². The van der Waals surface area contributed by atoms with E-state index in [0.717, 1.165) is 24.9 Å². The average molecular weight is 267 g/mol. The molecule has 0 aromatic heterocycles. The van der Waals surface area contributed by atoms with Gasteiger partial charge in [0, 0.05) is 12.6 Å². The molecule has 1 N–H and O–H groups in total. The zero-order chi connectivity index (χ0) is 14.3. The molecule has 0 atom stereocenters. The highest BCUT2D eigenvalue weighted by Crippen LogP contribution is 2.21. The lowest BCUT2D eigenvalue weighted by Crippen LogP contribution is -2.14. The molecule has 1 aromatic rings. The van der Waals surface area contributed by atoms with Crippen LogP contribution >= 0.6 is 0 Å². The van der Waals surface area contributed by atoms with Crippen molar-refractivity contribution in [3.05, 3.63) is 29.6 Å². The summed E-state index contributed by atoms with van der Waals surface area (Å²) in [5.41, 5.74) is 1.16. The highest BCUT2D eigenvalue weighted by Gasteiger charge is 2.10. The maximum absolute atomic E-state index is 13.5. The van der Waals surface area contributed by atoms with Gasteiger partial charge in [0.2, 0.25) is 0 Å². The zero-order valence-corrected chi connectivity index (χ0v) is 12.6. The smallest absolute Gasteiger partial charge is 0.127 e. The zero-order valence-electron chi connectivity index (χ0n) is 12.6. The fraction of sp³-hybridized carbons (Fsp3) is 0.625. The predicted octanol–water partition coefficient (Wildman–Crippen LogP) is 4.14. The lowest BCUT2D eigenvalue weighted by molar-refractivity contribution is 0.242. The van der Waals surface area contributed by atoms with E-state index in [0.29, 0.717) is 18.9 Å². The molecule has 0 fully saturated rings. The molecule has 0 bridgehead atoms. The molecule has 0 saturated carbocycles. The average Bonchev–Trinajstić information content (AvgIpc) is 2.27. The highest BCUT2D eigenvalue weighted by atomic mass is 19.1. The predicted molar refractivity (Wildman–Crippen MR) is 78.0 cm³/mol. The minimum absolute atomic E-state index is 0.235. The van der Waals surface area contributed by atoms with E-state index in [1.54, 1.807) is 6.07 Å². The fourth-order valence-corrected chi connectivity index (χ4v) is 1.69. The molecule has 0 saturated heterocycles. The van der Waals surface area contributed by atoms with Gasteiger partial charge in [-0.1, -0.05) is 27.7 Å². The Labute approximate surface area is 116 Å². The van der Waals surface area contributed by atoms with Crippen LogP contribution in [0.15, 0.2) is 18.2 Å². The van der Waals surface area contributed by atoms with Gasteiger partial charge in [-0.15, -0.1) is 0 Å². The Morgan fingerprint density at radius 2 is 1.95 bits per heavy atom. The standard InChI is InChI=1S/C16H26FNO/c1-5-7-18-12-13-9-14(17)11-15(10-13)19-8-6-16(2,3)4/h9-11,18H,5-8,12H2,1-4H3. The molecule has 0 aliphatic rings. The number of hydrogen-bond donors (Lipinski definition) is 1. The van der Waals surface area contributed by atoms with Crippen LogP contribution in [0.2, 0.25) is 0 Å². The van der Waals surface area contributed by atoms with Crippen LogP contribution in [-0.4, -0.2) is 13.2 Å². The van der Waals surface area contributed by atoms with Gasteiger partial charge in [0.15, 0.2) is 0 Å². The van der Waals surface area contributed by atoms with Gasteiger partial charge in [0.1, 0.15) is 11.6 Å². The van der Waals surface area contributed by atoms with Crippen molar-refractivity contribution >= 4 is 0 Å². The number of benzene rings is 1. The topological polar surface area (TPSA) is 21.3 Å². The van der Waals surface area contributed by atoms with Gasteiger partial charge in [-0.05, 0) is 42.5 Å². The van der Waals surface area contributed by atoms with Gasteiger partial charge >= 0.3 is 0 Å². The second-order valence-corrected chi connectivity index (χ2v) is 6.13. The molecule has 2 nitrogen and oxygen atoms in total. The third-order valence-corrected chi connectivity index (χ3v) is 2.81. The summed E-state index contributed by atoms with van der Waals surface area (Å²) in [5.74, 6) is 0.388. The summed E-state index contributed by atoms with van der Waals surface area (Å²) < 4.78 is 19.1. The molecule has 19 heavy (non-hydrogen) atoms. The lowest BCUT2D eigenvalue weighted by Gasteiger charge is -2.18. The Hall–Kier alpha value is -1.09. The monoisotopic (exact) mass is 267 g/mol. The van der Waals surface area contributed by atoms with Crippen molar-refractivity contribution in [1.82, 2.24) is 5.32 Å². The van der Waals surface area contributed by atoms with Crippen molar-refractivity contribution in [2.24, 2.45) is 5.41 Å². The Kier molecular flexibility index (Phi) is 6.29. The molecule has 1 aromatic carbocycles. The van der Waals surface area contributed by atoms with E-state index in [4.69, 9.17) is 4.74 Å². The van der Waals surface area contributed by atoms with E-state index in [1.807, 2.05) is 6.07 Å². The molecule has 0 radical (unpaired) electrons. The van der Waals surface area contributed by atoms with Crippen molar-refractivity contribution < 1.29 is 9.13 Å². The fourth-order valence-electron chi connectivity index (χ4n) is 1.69. The second kappa shape index (κ2) is 7.49. The molecule has 0 amide bonds. The van der Waals surface area contributed by atoms with E-state index < -0.39 is 0 Å². The molecule has 1 rings (SSSR count). The third kappa shape index (κ3) is 7.16. The first-order valence-electron chi connectivity index (χ1n) is 7.04. The molecule has 0 aliphatic carbocycles. The van der Waals surface area contributed by atoms with Crippen LogP contribution in [0.4, 0.5) is 4.39 Å². The van der Waals surface area contributed by atoms with Crippen molar-refractivity contribution in [2.45, 2.75) is 47.1 Å². The summed E-state index contributed by atoms with van der Waals surface area (Å²) in [6.45, 7) is 10.9. The van der Waals surface area contributed by atoms with E-state index in [1.165, 1.54) is 6.07 Å². The maximum Gasteiger partial charge on any atom is 0.127 e. The van der Waals surface area contributed by atoms with Gasteiger partial charge in [-0.2, -0.15) is 0 Å². The van der Waals surface area contributed by atoms with Crippen LogP contribution < -0.4 is 10.1 Å². The first kappa shape index (κ1) is 16.0. The summed E-state index contributed by atoms with van der Waals surface area (Å²) in [7, 11) is 0. The van der Waals surface area contributed by atoms with Gasteiger partial charge in [-0.3, -0.25) is 0 Å². The van der Waals surface area contributed by atoms with Crippen LogP contribution in [0.1, 0.15) is 46.1 Å². The molecule has 0 heterocycles. The number of ether oxygens (including phenoxy) is 1. The van der Waals surface area contributed by atoms with Crippen LogP contribution in [0.5, 0.6) is 5.75 Å². The van der Waals surface area contributed by atoms with E-state index >= 15 is 0 Å². The summed E-state index contributed by atoms with van der Waals surface area (Å²) >= 11 is 0. The summed E-state index contributed by atoms with van der Waals surface area (Å²) in [5, 5.41) is 3.26. The lowest BCUT2D eigenvalue weighted by atomic mass is 9.93. The summed E-state index contributed by atoms with van der Waals surface area (Å²) in [4.78, 5) is 0. The Morgan fingerprint density at radius 1 is 1.21 bits per heavy atom. The van der Waals surface area contributed by atoms with Crippen molar-refractivity contribution in [1.29, 1.82) is 0 Å². The minimum atomic E-state index is -0.235. The quantitative estimate of drug-likeness (QED) is 0.750. The first-order chi connectivity index (χ1) is 8.90. The van der Waals surface area contributed by atoms with E-state index in [2.05, 4.69) is 33.0 Å². The maximum atomic E-state index is 13.5. The minimum Gasteiger partial charge on any atom is -0.493 e. The molecule has 0 spiro atoms. The molecule has 108 valence electrons. The Balaban J connectivity index is 2.53. The van der Waals surface area contributed by atoms with Crippen LogP contribution in [0.25, 0.3) is 0 Å². The molecule has 0 aliphatic heterocycles. The van der Waals surface area contributed by atoms with Crippen LogP contribution in [-0.2, 0) is 6.54 Å².